The van der Waals surface area contributed by atoms with Crippen molar-refractivity contribution < 1.29 is 14.3 Å². The van der Waals surface area contributed by atoms with Crippen LogP contribution in [0.5, 0.6) is 11.5 Å². The van der Waals surface area contributed by atoms with Gasteiger partial charge in [-0.3, -0.25) is 4.79 Å². The summed E-state index contributed by atoms with van der Waals surface area (Å²) in [6.45, 7) is 4.57. The molecule has 3 aromatic rings. The number of fused-ring (bicyclic) bond motifs is 1. The van der Waals surface area contributed by atoms with Crippen molar-refractivity contribution in [1.82, 2.24) is 0 Å². The molecule has 4 rings (SSSR count). The lowest BCUT2D eigenvalue weighted by Crippen LogP contribution is -1.98. The zero-order valence-electron chi connectivity index (χ0n) is 15.4. The van der Waals surface area contributed by atoms with Crippen molar-refractivity contribution in [1.29, 1.82) is 0 Å². The molecule has 0 aliphatic carbocycles. The number of hydrogen-bond donors (Lipinski definition) is 0. The van der Waals surface area contributed by atoms with Crippen molar-refractivity contribution in [2.75, 3.05) is 0 Å². The van der Waals surface area contributed by atoms with Crippen LogP contribution in [0.15, 0.2) is 72.5 Å². The highest BCUT2D eigenvalue weighted by atomic mass is 16.5. The van der Waals surface area contributed by atoms with Crippen LogP contribution in [-0.2, 0) is 6.61 Å². The van der Waals surface area contributed by atoms with Gasteiger partial charge >= 0.3 is 0 Å². The molecule has 0 spiro atoms. The van der Waals surface area contributed by atoms with Crippen LogP contribution in [0, 0.1) is 13.8 Å². The Hall–Kier alpha value is -3.33. The smallest absolute Gasteiger partial charge is 0.231 e. The van der Waals surface area contributed by atoms with Crippen LogP contribution >= 0.6 is 0 Å². The molecule has 0 fully saturated rings. The van der Waals surface area contributed by atoms with Crippen LogP contribution < -0.4 is 9.47 Å². The molecular formula is C24H20O3. The van der Waals surface area contributed by atoms with Gasteiger partial charge in [-0.05, 0) is 48.7 Å². The summed E-state index contributed by atoms with van der Waals surface area (Å²) in [6, 6.07) is 21.4. The molecule has 1 heterocycles. The molecule has 3 heteroatoms. The van der Waals surface area contributed by atoms with Crippen molar-refractivity contribution in [3.63, 3.8) is 0 Å². The van der Waals surface area contributed by atoms with E-state index in [0.29, 0.717) is 29.4 Å². The Bertz CT molecular complexity index is 1030. The molecule has 0 aromatic heterocycles. The predicted octanol–water partition coefficient (Wildman–Crippen LogP) is 5.50. The van der Waals surface area contributed by atoms with Gasteiger partial charge in [-0.25, -0.2) is 0 Å². The van der Waals surface area contributed by atoms with E-state index in [1.807, 2.05) is 55.5 Å². The van der Waals surface area contributed by atoms with Crippen LogP contribution in [0.3, 0.4) is 0 Å². The zero-order chi connectivity index (χ0) is 18.8. The fourth-order valence-corrected chi connectivity index (χ4v) is 3.00. The Balaban J connectivity index is 1.52. The normalized spacial score (nSPS) is 14.1. The third-order valence-corrected chi connectivity index (χ3v) is 4.67. The quantitative estimate of drug-likeness (QED) is 0.579. The summed E-state index contributed by atoms with van der Waals surface area (Å²) in [5, 5.41) is 0. The number of carbonyl (C=O) groups excluding carboxylic acids is 1. The number of Topliss-reactive ketones (excluding diaryl/α,β-unsaturated/α-hetero) is 1. The highest BCUT2D eigenvalue weighted by molar-refractivity contribution is 6.14. The lowest BCUT2D eigenvalue weighted by molar-refractivity contribution is 0.101. The first-order valence-corrected chi connectivity index (χ1v) is 8.92. The van der Waals surface area contributed by atoms with Gasteiger partial charge in [0.25, 0.3) is 0 Å². The largest absolute Gasteiger partial charge is 0.489 e. The molecule has 0 N–H and O–H groups in total. The predicted molar refractivity (Wildman–Crippen MR) is 106 cm³/mol. The van der Waals surface area contributed by atoms with Gasteiger partial charge in [0.2, 0.25) is 5.78 Å². The number of carbonyl (C=O) groups is 1. The van der Waals surface area contributed by atoms with E-state index in [2.05, 4.69) is 13.0 Å². The van der Waals surface area contributed by atoms with Crippen LogP contribution in [0.2, 0.25) is 0 Å². The minimum atomic E-state index is -0.101. The summed E-state index contributed by atoms with van der Waals surface area (Å²) in [7, 11) is 0. The van der Waals surface area contributed by atoms with Crippen molar-refractivity contribution in [2.24, 2.45) is 0 Å². The van der Waals surface area contributed by atoms with E-state index in [1.54, 1.807) is 18.2 Å². The Morgan fingerprint density at radius 1 is 0.963 bits per heavy atom. The molecule has 27 heavy (non-hydrogen) atoms. The van der Waals surface area contributed by atoms with Gasteiger partial charge in [-0.15, -0.1) is 0 Å². The molecule has 3 aromatic carbocycles. The van der Waals surface area contributed by atoms with E-state index in [9.17, 15) is 4.79 Å². The molecule has 3 nitrogen and oxygen atoms in total. The van der Waals surface area contributed by atoms with Gasteiger partial charge in [0.15, 0.2) is 5.76 Å². The number of hydrogen-bond acceptors (Lipinski definition) is 3. The molecular weight excluding hydrogens is 336 g/mol. The Morgan fingerprint density at radius 3 is 2.52 bits per heavy atom. The number of ketones is 1. The van der Waals surface area contributed by atoms with Crippen LogP contribution in [-0.4, -0.2) is 5.78 Å². The Morgan fingerprint density at radius 2 is 1.74 bits per heavy atom. The lowest BCUT2D eigenvalue weighted by atomic mass is 10.1. The molecule has 0 radical (unpaired) electrons. The van der Waals surface area contributed by atoms with Gasteiger partial charge in [-0.1, -0.05) is 54.1 Å². The van der Waals surface area contributed by atoms with Crippen LogP contribution in [0.25, 0.3) is 6.08 Å². The molecule has 0 saturated heterocycles. The fraction of sp³-hybridized carbons (Fsp3) is 0.125. The Kier molecular flexibility index (Phi) is 4.51. The molecule has 1 aliphatic heterocycles. The van der Waals surface area contributed by atoms with E-state index < -0.39 is 0 Å². The van der Waals surface area contributed by atoms with Gasteiger partial charge in [0.05, 0.1) is 5.56 Å². The van der Waals surface area contributed by atoms with E-state index >= 15 is 0 Å². The molecule has 0 saturated carbocycles. The SMILES string of the molecule is Cc1ccc(/C=C2\Oc3cc(OCc4ccccc4C)ccc3C2=O)cc1. The highest BCUT2D eigenvalue weighted by Crippen LogP contribution is 2.35. The maximum atomic E-state index is 12.6. The number of rotatable bonds is 4. The third kappa shape index (κ3) is 3.63. The minimum Gasteiger partial charge on any atom is -0.489 e. The second-order valence-corrected chi connectivity index (χ2v) is 6.72. The first-order chi connectivity index (χ1) is 13.1. The van der Waals surface area contributed by atoms with Crippen LogP contribution in [0.1, 0.15) is 32.6 Å². The standard InChI is InChI=1S/C24H20O3/c1-16-7-9-18(10-8-16)13-23-24(25)21-12-11-20(14-22(21)27-23)26-15-19-6-4-3-5-17(19)2/h3-14H,15H2,1-2H3/b23-13-. The molecule has 134 valence electrons. The van der Waals surface area contributed by atoms with Gasteiger partial charge in [0, 0.05) is 6.07 Å². The number of ether oxygens (including phenoxy) is 2. The monoisotopic (exact) mass is 356 g/mol. The van der Waals surface area contributed by atoms with Crippen molar-refractivity contribution in [3.05, 3.63) is 100 Å². The van der Waals surface area contributed by atoms with Gasteiger partial charge in [-0.2, -0.15) is 0 Å². The third-order valence-electron chi connectivity index (χ3n) is 4.67. The first kappa shape index (κ1) is 17.1. The summed E-state index contributed by atoms with van der Waals surface area (Å²) in [6.07, 6.45) is 1.77. The van der Waals surface area contributed by atoms with Gasteiger partial charge in [0.1, 0.15) is 18.1 Å². The maximum absolute atomic E-state index is 12.6. The molecule has 0 amide bonds. The minimum absolute atomic E-state index is 0.101. The molecule has 0 unspecified atom stereocenters. The average Bonchev–Trinajstić information content (AvgIpc) is 2.98. The lowest BCUT2D eigenvalue weighted by Gasteiger charge is -2.09. The van der Waals surface area contributed by atoms with E-state index in [1.165, 1.54) is 11.1 Å². The second-order valence-electron chi connectivity index (χ2n) is 6.72. The summed E-state index contributed by atoms with van der Waals surface area (Å²) < 4.78 is 11.7. The second kappa shape index (κ2) is 7.12. The first-order valence-electron chi connectivity index (χ1n) is 8.92. The van der Waals surface area contributed by atoms with E-state index in [4.69, 9.17) is 9.47 Å². The fourth-order valence-electron chi connectivity index (χ4n) is 3.00. The van der Waals surface area contributed by atoms with E-state index in [0.717, 1.165) is 11.1 Å². The molecule has 0 bridgehead atoms. The number of allylic oxidation sites excluding steroid dienone is 1. The topological polar surface area (TPSA) is 35.5 Å². The van der Waals surface area contributed by atoms with Crippen molar-refractivity contribution >= 4 is 11.9 Å². The maximum Gasteiger partial charge on any atom is 0.231 e. The summed E-state index contributed by atoms with van der Waals surface area (Å²) in [5.41, 5.74) is 5.00. The van der Waals surface area contributed by atoms with Crippen LogP contribution in [0.4, 0.5) is 0 Å². The number of benzene rings is 3. The molecule has 0 atom stereocenters. The van der Waals surface area contributed by atoms with E-state index in [-0.39, 0.29) is 5.78 Å². The summed E-state index contributed by atoms with van der Waals surface area (Å²) in [5.74, 6) is 1.46. The van der Waals surface area contributed by atoms with Crippen molar-refractivity contribution in [3.8, 4) is 11.5 Å². The number of aryl methyl sites for hydroxylation is 2. The highest BCUT2D eigenvalue weighted by Gasteiger charge is 2.27. The van der Waals surface area contributed by atoms with Gasteiger partial charge < -0.3 is 9.47 Å². The summed E-state index contributed by atoms with van der Waals surface area (Å²) in [4.78, 5) is 12.6. The Labute approximate surface area is 158 Å². The van der Waals surface area contributed by atoms with Crippen molar-refractivity contribution in [2.45, 2.75) is 20.5 Å². The molecule has 1 aliphatic rings. The summed E-state index contributed by atoms with van der Waals surface area (Å²) >= 11 is 0. The average molecular weight is 356 g/mol. The zero-order valence-corrected chi connectivity index (χ0v) is 15.4.